The fourth-order valence-corrected chi connectivity index (χ4v) is 2.36. The maximum atomic E-state index is 12.8. The van der Waals surface area contributed by atoms with Crippen LogP contribution in [0.25, 0.3) is 0 Å². The SMILES string of the molecule is [2H]C([2H])([2H])C([2H])([2H])C([2H])([2H])N1C(C)C(=O)N(c2ccccc2C)C1C. The lowest BCUT2D eigenvalue weighted by atomic mass is 10.1. The molecule has 2 atom stereocenters. The van der Waals surface area contributed by atoms with E-state index in [0.29, 0.717) is 5.69 Å². The van der Waals surface area contributed by atoms with E-state index in [9.17, 15) is 4.79 Å². The number of nitrogens with zero attached hydrogens (tertiary/aromatic N) is 2. The molecular weight excluding hydrogens is 224 g/mol. The number of carbonyl (C=O) groups is 1. The molecule has 1 aliphatic rings. The van der Waals surface area contributed by atoms with Gasteiger partial charge in [-0.15, -0.1) is 0 Å². The molecule has 1 aliphatic heterocycles. The van der Waals surface area contributed by atoms with Gasteiger partial charge in [-0.25, -0.2) is 0 Å². The van der Waals surface area contributed by atoms with Crippen LogP contribution in [-0.4, -0.2) is 29.5 Å². The predicted octanol–water partition coefficient (Wildman–Crippen LogP) is 2.79. The van der Waals surface area contributed by atoms with Crippen LogP contribution in [0.2, 0.25) is 0 Å². The van der Waals surface area contributed by atoms with E-state index in [1.54, 1.807) is 19.1 Å². The van der Waals surface area contributed by atoms with Crippen LogP contribution in [0.15, 0.2) is 24.3 Å². The molecule has 98 valence electrons. The molecule has 0 saturated carbocycles. The Morgan fingerprint density at radius 3 is 2.78 bits per heavy atom. The number of carbonyl (C=O) groups excluding carboxylic acids is 1. The summed E-state index contributed by atoms with van der Waals surface area (Å²) >= 11 is 0. The molecule has 2 unspecified atom stereocenters. The van der Waals surface area contributed by atoms with Crippen molar-refractivity contribution in [1.82, 2.24) is 4.90 Å². The normalized spacial score (nSPS) is 32.9. The highest BCUT2D eigenvalue weighted by atomic mass is 16.2. The highest BCUT2D eigenvalue weighted by molar-refractivity contribution is 6.00. The maximum absolute atomic E-state index is 12.8. The van der Waals surface area contributed by atoms with Crippen LogP contribution in [0.5, 0.6) is 0 Å². The van der Waals surface area contributed by atoms with Gasteiger partial charge in [0.2, 0.25) is 5.91 Å². The number of amides is 1. The van der Waals surface area contributed by atoms with Crippen molar-refractivity contribution in [2.24, 2.45) is 0 Å². The minimum Gasteiger partial charge on any atom is -0.295 e. The minimum atomic E-state index is -3.17. The van der Waals surface area contributed by atoms with Crippen molar-refractivity contribution < 1.29 is 14.4 Å². The van der Waals surface area contributed by atoms with E-state index in [1.807, 2.05) is 19.1 Å². The van der Waals surface area contributed by atoms with Crippen LogP contribution < -0.4 is 4.90 Å². The number of benzene rings is 1. The van der Waals surface area contributed by atoms with E-state index in [1.165, 1.54) is 11.8 Å². The second kappa shape index (κ2) is 5.11. The number of hydrogen-bond acceptors (Lipinski definition) is 2. The van der Waals surface area contributed by atoms with Gasteiger partial charge in [-0.05, 0) is 38.8 Å². The summed E-state index contributed by atoms with van der Waals surface area (Å²) in [6.45, 7) is -1.19. The van der Waals surface area contributed by atoms with E-state index < -0.39 is 37.8 Å². The van der Waals surface area contributed by atoms with E-state index in [-0.39, 0.29) is 0 Å². The van der Waals surface area contributed by atoms with E-state index in [0.717, 1.165) is 10.5 Å². The smallest absolute Gasteiger partial charge is 0.245 e. The van der Waals surface area contributed by atoms with Crippen molar-refractivity contribution >= 4 is 11.6 Å². The lowest BCUT2D eigenvalue weighted by Gasteiger charge is -2.28. The first-order valence-electron chi connectivity index (χ1n) is 9.42. The fourth-order valence-electron chi connectivity index (χ4n) is 2.36. The molecule has 1 fully saturated rings. The standard InChI is InChI=1S/C15H22N2O/c1-5-10-16-12(3)15(18)17(13(16)4)14-9-7-6-8-11(14)2/h6-9,12-13H,5,10H2,1-4H3/i1D3,5D2,10D2. The van der Waals surface area contributed by atoms with Gasteiger partial charge in [0, 0.05) is 21.8 Å². The molecule has 3 heteroatoms. The molecule has 18 heavy (non-hydrogen) atoms. The summed E-state index contributed by atoms with van der Waals surface area (Å²) in [7, 11) is 0. The quantitative estimate of drug-likeness (QED) is 0.827. The lowest BCUT2D eigenvalue weighted by Crippen LogP contribution is -2.38. The molecule has 0 aromatic heterocycles. The Bertz CT molecular complexity index is 674. The Morgan fingerprint density at radius 2 is 2.11 bits per heavy atom. The van der Waals surface area contributed by atoms with Gasteiger partial charge in [-0.2, -0.15) is 0 Å². The van der Waals surface area contributed by atoms with Crippen molar-refractivity contribution in [3.63, 3.8) is 0 Å². The van der Waals surface area contributed by atoms with E-state index in [4.69, 9.17) is 9.60 Å². The van der Waals surface area contributed by atoms with Gasteiger partial charge in [0.1, 0.15) is 0 Å². The van der Waals surface area contributed by atoms with Gasteiger partial charge in [0.25, 0.3) is 0 Å². The highest BCUT2D eigenvalue weighted by Crippen LogP contribution is 2.30. The molecule has 0 spiro atoms. The third-order valence-electron chi connectivity index (χ3n) is 3.35. The summed E-state index contributed by atoms with van der Waals surface area (Å²) in [5, 5.41) is 0. The Balaban J connectivity index is 2.51. The molecule has 1 amide bonds. The molecule has 0 bridgehead atoms. The van der Waals surface area contributed by atoms with Crippen LogP contribution in [0.1, 0.15) is 42.2 Å². The van der Waals surface area contributed by atoms with Gasteiger partial charge >= 0.3 is 0 Å². The third kappa shape index (κ3) is 2.03. The summed E-state index contributed by atoms with van der Waals surface area (Å²) in [5.74, 6) is -0.396. The summed E-state index contributed by atoms with van der Waals surface area (Å²) in [6, 6.07) is 6.12. The topological polar surface area (TPSA) is 23.6 Å². The molecule has 3 nitrogen and oxygen atoms in total. The van der Waals surface area contributed by atoms with Gasteiger partial charge < -0.3 is 0 Å². The van der Waals surface area contributed by atoms with Gasteiger partial charge in [-0.3, -0.25) is 14.6 Å². The molecule has 0 N–H and O–H groups in total. The highest BCUT2D eigenvalue weighted by Gasteiger charge is 2.41. The van der Waals surface area contributed by atoms with Gasteiger partial charge in [-0.1, -0.05) is 25.1 Å². The van der Waals surface area contributed by atoms with Crippen molar-refractivity contribution in [3.05, 3.63) is 29.8 Å². The second-order valence-electron chi connectivity index (χ2n) is 4.45. The average molecular weight is 253 g/mol. The second-order valence-corrected chi connectivity index (χ2v) is 4.45. The monoisotopic (exact) mass is 253 g/mol. The number of anilines is 1. The van der Waals surface area contributed by atoms with Crippen LogP contribution in [0.3, 0.4) is 0 Å². The molecule has 1 saturated heterocycles. The largest absolute Gasteiger partial charge is 0.295 e. The van der Waals surface area contributed by atoms with Crippen molar-refractivity contribution in [3.8, 4) is 0 Å². The Kier molecular flexibility index (Phi) is 1.90. The molecule has 1 aromatic rings. The summed E-state index contributed by atoms with van der Waals surface area (Å²) < 4.78 is 54.3. The number of aryl methyl sites for hydroxylation is 1. The van der Waals surface area contributed by atoms with Crippen LogP contribution >= 0.6 is 0 Å². The minimum absolute atomic E-state index is 0.396. The zero-order valence-electron chi connectivity index (χ0n) is 17.8. The summed E-state index contributed by atoms with van der Waals surface area (Å²) in [6.07, 6.45) is -3.99. The molecule has 2 rings (SSSR count). The molecule has 0 aliphatic carbocycles. The molecular formula is C15H22N2O. The van der Waals surface area contributed by atoms with Gasteiger partial charge in [0.15, 0.2) is 0 Å². The summed E-state index contributed by atoms with van der Waals surface area (Å²) in [5.41, 5.74) is 1.41. The number of rotatable bonds is 3. The maximum Gasteiger partial charge on any atom is 0.245 e. The number of hydrogen-bond donors (Lipinski definition) is 0. The van der Waals surface area contributed by atoms with Crippen LogP contribution in [-0.2, 0) is 4.79 Å². The first kappa shape index (κ1) is 6.71. The van der Waals surface area contributed by atoms with Crippen molar-refractivity contribution in [1.29, 1.82) is 0 Å². The number of para-hydroxylation sites is 1. The van der Waals surface area contributed by atoms with Crippen LogP contribution in [0, 0.1) is 6.92 Å². The first-order chi connectivity index (χ1) is 11.2. The van der Waals surface area contributed by atoms with E-state index in [2.05, 4.69) is 0 Å². The zero-order chi connectivity index (χ0) is 19.4. The third-order valence-corrected chi connectivity index (χ3v) is 3.35. The van der Waals surface area contributed by atoms with E-state index >= 15 is 0 Å². The molecule has 1 heterocycles. The summed E-state index contributed by atoms with van der Waals surface area (Å²) in [4.78, 5) is 15.2. The average Bonchev–Trinajstić information content (AvgIpc) is 2.69. The lowest BCUT2D eigenvalue weighted by molar-refractivity contribution is -0.119. The van der Waals surface area contributed by atoms with Crippen molar-refractivity contribution in [2.45, 2.75) is 46.2 Å². The predicted molar refractivity (Wildman–Crippen MR) is 74.6 cm³/mol. The molecule has 0 radical (unpaired) electrons. The Hall–Kier alpha value is -1.35. The Labute approximate surface area is 119 Å². The molecule has 1 aromatic carbocycles. The zero-order valence-corrected chi connectivity index (χ0v) is 10.8. The fraction of sp³-hybridized carbons (Fsp3) is 0.533. The first-order valence-corrected chi connectivity index (χ1v) is 5.92. The van der Waals surface area contributed by atoms with Crippen LogP contribution in [0.4, 0.5) is 5.69 Å². The van der Waals surface area contributed by atoms with Crippen molar-refractivity contribution in [2.75, 3.05) is 11.4 Å². The van der Waals surface area contributed by atoms with Gasteiger partial charge in [0.05, 0.1) is 12.2 Å². The Morgan fingerprint density at radius 1 is 1.39 bits per heavy atom.